The Kier molecular flexibility index (Phi) is 4.33. The van der Waals surface area contributed by atoms with Crippen molar-refractivity contribution in [1.29, 1.82) is 0 Å². The minimum absolute atomic E-state index is 0.255. The standard InChI is InChI=1S/C19H20ClN3O/c1-11(2)13-5-7-14(8-6-13)22-19(24)15-9-21-18-16(17(15)20)12(3)10-23(18)4/h5-11H,1-4H3,(H,22,24). The molecule has 3 aromatic rings. The number of amides is 1. The van der Waals surface area contributed by atoms with Crippen molar-refractivity contribution in [2.24, 2.45) is 7.05 Å². The predicted molar refractivity (Wildman–Crippen MR) is 98.9 cm³/mol. The van der Waals surface area contributed by atoms with Gasteiger partial charge in [-0.15, -0.1) is 0 Å². The summed E-state index contributed by atoms with van der Waals surface area (Å²) in [6.07, 6.45) is 3.48. The number of anilines is 1. The van der Waals surface area contributed by atoms with Crippen LogP contribution >= 0.6 is 11.6 Å². The monoisotopic (exact) mass is 341 g/mol. The van der Waals surface area contributed by atoms with Crippen LogP contribution in [0, 0.1) is 6.92 Å². The van der Waals surface area contributed by atoms with Crippen LogP contribution in [0.15, 0.2) is 36.7 Å². The lowest BCUT2D eigenvalue weighted by atomic mass is 10.0. The fourth-order valence-electron chi connectivity index (χ4n) is 2.82. The summed E-state index contributed by atoms with van der Waals surface area (Å²) in [7, 11) is 1.91. The third-order valence-electron chi connectivity index (χ3n) is 4.19. The maximum absolute atomic E-state index is 12.6. The molecule has 0 unspecified atom stereocenters. The highest BCUT2D eigenvalue weighted by Crippen LogP contribution is 2.30. The van der Waals surface area contributed by atoms with E-state index in [0.717, 1.165) is 22.3 Å². The van der Waals surface area contributed by atoms with E-state index in [1.165, 1.54) is 11.8 Å². The highest BCUT2D eigenvalue weighted by Gasteiger charge is 2.17. The molecule has 0 spiro atoms. The average Bonchev–Trinajstić information content (AvgIpc) is 2.83. The number of aromatic nitrogens is 2. The van der Waals surface area contributed by atoms with Gasteiger partial charge in [0.05, 0.1) is 10.6 Å². The number of nitrogens with zero attached hydrogens (tertiary/aromatic N) is 2. The fourth-order valence-corrected chi connectivity index (χ4v) is 3.19. The predicted octanol–water partition coefficient (Wildman–Crippen LogP) is 4.91. The number of fused-ring (bicyclic) bond motifs is 1. The Labute approximate surface area is 146 Å². The van der Waals surface area contributed by atoms with Gasteiger partial charge >= 0.3 is 0 Å². The minimum Gasteiger partial charge on any atom is -0.335 e. The number of hydrogen-bond acceptors (Lipinski definition) is 2. The zero-order valence-corrected chi connectivity index (χ0v) is 15.0. The molecule has 4 nitrogen and oxygen atoms in total. The molecule has 1 amide bonds. The van der Waals surface area contributed by atoms with Crippen molar-refractivity contribution >= 4 is 34.2 Å². The van der Waals surface area contributed by atoms with Crippen molar-refractivity contribution in [2.45, 2.75) is 26.7 Å². The first kappa shape index (κ1) is 16.5. The Morgan fingerprint density at radius 1 is 1.25 bits per heavy atom. The summed E-state index contributed by atoms with van der Waals surface area (Å²) in [6.45, 7) is 6.23. The SMILES string of the molecule is Cc1cn(C)c2ncc(C(=O)Nc3ccc(C(C)C)cc3)c(Cl)c12. The Bertz CT molecular complexity index is 911. The fraction of sp³-hybridized carbons (Fsp3) is 0.263. The van der Waals surface area contributed by atoms with Crippen molar-refractivity contribution in [2.75, 3.05) is 5.32 Å². The molecule has 0 radical (unpaired) electrons. The van der Waals surface area contributed by atoms with Gasteiger partial charge in [-0.25, -0.2) is 4.98 Å². The number of nitrogens with one attached hydrogen (secondary N) is 1. The van der Waals surface area contributed by atoms with Gasteiger partial charge < -0.3 is 9.88 Å². The third kappa shape index (κ3) is 2.89. The van der Waals surface area contributed by atoms with Gasteiger partial charge in [0, 0.05) is 30.5 Å². The molecule has 2 aromatic heterocycles. The molecule has 0 aliphatic rings. The lowest BCUT2D eigenvalue weighted by Gasteiger charge is -2.10. The number of halogens is 1. The Hall–Kier alpha value is -2.33. The van der Waals surface area contributed by atoms with Gasteiger partial charge in [0.2, 0.25) is 0 Å². The molecule has 0 fully saturated rings. The van der Waals surface area contributed by atoms with Gasteiger partial charge in [-0.3, -0.25) is 4.79 Å². The summed E-state index contributed by atoms with van der Waals surface area (Å²) >= 11 is 6.47. The second-order valence-corrected chi connectivity index (χ2v) is 6.72. The molecule has 0 saturated carbocycles. The van der Waals surface area contributed by atoms with Crippen LogP contribution in [-0.4, -0.2) is 15.5 Å². The van der Waals surface area contributed by atoms with Crippen molar-refractivity contribution in [3.05, 3.63) is 58.4 Å². The first-order chi connectivity index (χ1) is 11.4. The number of hydrogen-bond donors (Lipinski definition) is 1. The molecule has 3 rings (SSSR count). The molecular formula is C19H20ClN3O. The van der Waals surface area contributed by atoms with E-state index in [1.807, 2.05) is 49.0 Å². The van der Waals surface area contributed by atoms with Crippen LogP contribution in [0.25, 0.3) is 11.0 Å². The summed E-state index contributed by atoms with van der Waals surface area (Å²) < 4.78 is 1.91. The van der Waals surface area contributed by atoms with Crippen molar-refractivity contribution in [1.82, 2.24) is 9.55 Å². The molecule has 0 aliphatic heterocycles. The summed E-state index contributed by atoms with van der Waals surface area (Å²) in [5, 5.41) is 4.15. The van der Waals surface area contributed by atoms with E-state index in [0.29, 0.717) is 16.5 Å². The Balaban J connectivity index is 1.91. The number of aryl methyl sites for hydroxylation is 2. The first-order valence-corrected chi connectivity index (χ1v) is 8.27. The van der Waals surface area contributed by atoms with Crippen LogP contribution in [0.4, 0.5) is 5.69 Å². The largest absolute Gasteiger partial charge is 0.335 e. The molecule has 1 aromatic carbocycles. The number of benzene rings is 1. The maximum Gasteiger partial charge on any atom is 0.258 e. The number of carbonyl (C=O) groups is 1. The lowest BCUT2D eigenvalue weighted by molar-refractivity contribution is 0.102. The van der Waals surface area contributed by atoms with Crippen molar-refractivity contribution < 1.29 is 4.79 Å². The van der Waals surface area contributed by atoms with E-state index in [9.17, 15) is 4.79 Å². The normalized spacial score (nSPS) is 11.2. The Morgan fingerprint density at radius 3 is 2.54 bits per heavy atom. The number of pyridine rings is 1. The van der Waals surface area contributed by atoms with E-state index in [1.54, 1.807) is 0 Å². The average molecular weight is 342 g/mol. The van der Waals surface area contributed by atoms with Gasteiger partial charge in [0.15, 0.2) is 0 Å². The second kappa shape index (κ2) is 6.29. The van der Waals surface area contributed by atoms with Crippen LogP contribution in [0.3, 0.4) is 0 Å². The van der Waals surface area contributed by atoms with Crippen LogP contribution in [0.2, 0.25) is 5.02 Å². The molecule has 0 bridgehead atoms. The summed E-state index contributed by atoms with van der Waals surface area (Å²) in [5.74, 6) is 0.201. The van der Waals surface area contributed by atoms with Gasteiger partial charge in [-0.05, 0) is 36.1 Å². The highest BCUT2D eigenvalue weighted by molar-refractivity contribution is 6.39. The van der Waals surface area contributed by atoms with E-state index in [2.05, 4.69) is 24.1 Å². The van der Waals surface area contributed by atoms with Crippen molar-refractivity contribution in [3.63, 3.8) is 0 Å². The van der Waals surface area contributed by atoms with E-state index in [4.69, 9.17) is 11.6 Å². The third-order valence-corrected chi connectivity index (χ3v) is 4.58. The van der Waals surface area contributed by atoms with Gasteiger partial charge in [-0.2, -0.15) is 0 Å². The summed E-state index contributed by atoms with van der Waals surface area (Å²) in [6, 6.07) is 7.84. The molecule has 24 heavy (non-hydrogen) atoms. The Morgan fingerprint density at radius 2 is 1.92 bits per heavy atom. The summed E-state index contributed by atoms with van der Waals surface area (Å²) in [4.78, 5) is 17.0. The van der Waals surface area contributed by atoms with Gasteiger partial charge in [0.25, 0.3) is 5.91 Å². The lowest BCUT2D eigenvalue weighted by Crippen LogP contribution is -2.13. The molecule has 1 N–H and O–H groups in total. The molecule has 2 heterocycles. The molecule has 0 atom stereocenters. The van der Waals surface area contributed by atoms with E-state index in [-0.39, 0.29) is 5.91 Å². The van der Waals surface area contributed by atoms with E-state index < -0.39 is 0 Å². The molecule has 0 aliphatic carbocycles. The number of rotatable bonds is 3. The molecule has 124 valence electrons. The van der Waals surface area contributed by atoms with E-state index >= 15 is 0 Å². The van der Waals surface area contributed by atoms with Gasteiger partial charge in [0.1, 0.15) is 5.65 Å². The molecular weight excluding hydrogens is 322 g/mol. The smallest absolute Gasteiger partial charge is 0.258 e. The maximum atomic E-state index is 12.6. The van der Waals surface area contributed by atoms with Crippen LogP contribution in [0.5, 0.6) is 0 Å². The topological polar surface area (TPSA) is 46.9 Å². The molecule has 0 saturated heterocycles. The summed E-state index contributed by atoms with van der Waals surface area (Å²) in [5.41, 5.74) is 4.13. The van der Waals surface area contributed by atoms with Crippen LogP contribution in [0.1, 0.15) is 41.3 Å². The van der Waals surface area contributed by atoms with Crippen molar-refractivity contribution in [3.8, 4) is 0 Å². The zero-order chi connectivity index (χ0) is 17.4. The quantitative estimate of drug-likeness (QED) is 0.735. The highest BCUT2D eigenvalue weighted by atomic mass is 35.5. The minimum atomic E-state index is -0.255. The van der Waals surface area contributed by atoms with Crippen LogP contribution in [-0.2, 0) is 7.05 Å². The first-order valence-electron chi connectivity index (χ1n) is 7.90. The number of carbonyl (C=O) groups excluding carboxylic acids is 1. The van der Waals surface area contributed by atoms with Gasteiger partial charge in [-0.1, -0.05) is 37.6 Å². The second-order valence-electron chi connectivity index (χ2n) is 6.34. The van der Waals surface area contributed by atoms with Crippen LogP contribution < -0.4 is 5.32 Å². The zero-order valence-electron chi connectivity index (χ0n) is 14.2. The molecule has 5 heteroatoms.